The monoisotopic (exact) mass is 462 g/mol. The summed E-state index contributed by atoms with van der Waals surface area (Å²) in [7, 11) is -1.04. The average Bonchev–Trinajstić information content (AvgIpc) is 3.23. The van der Waals surface area contributed by atoms with Crippen LogP contribution in [0.1, 0.15) is 12.0 Å². The molecule has 0 radical (unpaired) electrons. The van der Waals surface area contributed by atoms with Crippen molar-refractivity contribution in [3.63, 3.8) is 0 Å². The number of hydrogen-bond donors (Lipinski definition) is 0. The third kappa shape index (κ3) is 4.37. The van der Waals surface area contributed by atoms with Crippen molar-refractivity contribution < 1.29 is 8.42 Å². The molecule has 3 aromatic rings. The molecule has 0 amide bonds. The summed E-state index contributed by atoms with van der Waals surface area (Å²) in [4.78, 5) is 2.01. The normalized spacial score (nSPS) is 18.2. The molecule has 1 aliphatic rings. The van der Waals surface area contributed by atoms with Crippen LogP contribution in [0.15, 0.2) is 48.5 Å². The van der Waals surface area contributed by atoms with Crippen molar-refractivity contribution in [2.45, 2.75) is 26.1 Å². The maximum atomic E-state index is 11.9. The lowest BCUT2D eigenvalue weighted by Gasteiger charge is -2.22. The minimum absolute atomic E-state index is 0.0274. The van der Waals surface area contributed by atoms with Gasteiger partial charge in [0.15, 0.2) is 15.7 Å². The van der Waals surface area contributed by atoms with Gasteiger partial charge in [0.25, 0.3) is 0 Å². The summed E-state index contributed by atoms with van der Waals surface area (Å²) in [5.74, 6) is 1.13. The van der Waals surface area contributed by atoms with Gasteiger partial charge in [0.05, 0.1) is 18.2 Å². The number of hydrogen-bond acceptors (Lipinski definition) is 5. The molecule has 9 heteroatoms. The Labute approximate surface area is 186 Å². The number of aryl methyl sites for hydroxylation is 1. The Bertz CT molecular complexity index is 1220. The highest BCUT2D eigenvalue weighted by Crippen LogP contribution is 2.25. The van der Waals surface area contributed by atoms with Gasteiger partial charge in [-0.05, 0) is 69.0 Å². The summed E-state index contributed by atoms with van der Waals surface area (Å²) in [5.41, 5.74) is 2.98. The molecule has 2 heterocycles. The molecule has 2 aromatic carbocycles. The van der Waals surface area contributed by atoms with E-state index in [1.54, 1.807) is 4.68 Å². The van der Waals surface area contributed by atoms with Crippen LogP contribution in [-0.4, -0.2) is 52.3 Å². The maximum Gasteiger partial charge on any atom is 0.204 e. The van der Waals surface area contributed by atoms with Crippen molar-refractivity contribution >= 4 is 33.7 Å². The van der Waals surface area contributed by atoms with E-state index in [2.05, 4.69) is 0 Å². The molecular formula is C21H23ClN4O2S2. The highest BCUT2D eigenvalue weighted by atomic mass is 35.5. The standard InChI is InChI=1S/C21H23ClN4O2S2/c1-15-3-9-18(10-4-15)26-20(16-5-7-17(22)8-6-16)23-25(21(26)29)14-24(2)19-11-12-30(27,28)13-19/h3-10,19H,11-14H2,1-2H3. The largest absolute Gasteiger partial charge is 0.283 e. The van der Waals surface area contributed by atoms with Crippen LogP contribution in [0.5, 0.6) is 0 Å². The van der Waals surface area contributed by atoms with Crippen LogP contribution in [0.2, 0.25) is 5.02 Å². The molecule has 6 nitrogen and oxygen atoms in total. The molecule has 1 saturated heterocycles. The van der Waals surface area contributed by atoms with Crippen LogP contribution in [0.4, 0.5) is 0 Å². The van der Waals surface area contributed by atoms with Crippen molar-refractivity contribution in [3.8, 4) is 17.1 Å². The van der Waals surface area contributed by atoms with Crippen LogP contribution < -0.4 is 0 Å². The van der Waals surface area contributed by atoms with E-state index in [-0.39, 0.29) is 17.5 Å². The Morgan fingerprint density at radius 1 is 1.17 bits per heavy atom. The fourth-order valence-corrected chi connectivity index (χ4v) is 5.88. The third-order valence-corrected chi connectivity index (χ3v) is 7.82. The van der Waals surface area contributed by atoms with Gasteiger partial charge in [-0.15, -0.1) is 5.10 Å². The van der Waals surface area contributed by atoms with Crippen LogP contribution in [0.3, 0.4) is 0 Å². The van der Waals surface area contributed by atoms with Crippen molar-refractivity contribution in [3.05, 3.63) is 63.9 Å². The summed E-state index contributed by atoms with van der Waals surface area (Å²) in [6.45, 7) is 2.45. The summed E-state index contributed by atoms with van der Waals surface area (Å²) in [5, 5.41) is 5.45. The van der Waals surface area contributed by atoms with Crippen molar-refractivity contribution in [2.75, 3.05) is 18.6 Å². The molecule has 0 saturated carbocycles. The first-order valence-corrected chi connectivity index (χ1v) is 12.3. The summed E-state index contributed by atoms with van der Waals surface area (Å²) in [6, 6.07) is 15.6. The fourth-order valence-electron chi connectivity index (χ4n) is 3.66. The van der Waals surface area contributed by atoms with E-state index in [0.717, 1.165) is 16.8 Å². The summed E-state index contributed by atoms with van der Waals surface area (Å²) >= 11 is 11.8. The van der Waals surface area contributed by atoms with Crippen molar-refractivity contribution in [1.82, 2.24) is 19.2 Å². The van der Waals surface area contributed by atoms with E-state index in [1.807, 2.05) is 72.0 Å². The number of halogens is 1. The van der Waals surface area contributed by atoms with E-state index in [4.69, 9.17) is 28.9 Å². The summed E-state index contributed by atoms with van der Waals surface area (Å²) < 4.78 is 28.0. The molecule has 1 aliphatic heterocycles. The Balaban J connectivity index is 1.75. The van der Waals surface area contributed by atoms with Gasteiger partial charge < -0.3 is 0 Å². The summed E-state index contributed by atoms with van der Waals surface area (Å²) in [6.07, 6.45) is 0.634. The lowest BCUT2D eigenvalue weighted by atomic mass is 10.2. The molecule has 4 rings (SSSR count). The second kappa shape index (κ2) is 8.26. The van der Waals surface area contributed by atoms with E-state index >= 15 is 0 Å². The first-order valence-electron chi connectivity index (χ1n) is 9.67. The topological polar surface area (TPSA) is 60.1 Å². The molecule has 158 valence electrons. The lowest BCUT2D eigenvalue weighted by molar-refractivity contribution is 0.196. The van der Waals surface area contributed by atoms with Gasteiger partial charge in [-0.3, -0.25) is 9.47 Å². The molecular weight excluding hydrogens is 440 g/mol. The van der Waals surface area contributed by atoms with Gasteiger partial charge >= 0.3 is 0 Å². The first kappa shape index (κ1) is 21.2. The number of nitrogens with zero attached hydrogens (tertiary/aromatic N) is 4. The minimum Gasteiger partial charge on any atom is -0.283 e. The molecule has 1 aromatic heterocycles. The average molecular weight is 463 g/mol. The van der Waals surface area contributed by atoms with Gasteiger partial charge in [0.2, 0.25) is 4.77 Å². The second-order valence-corrected chi connectivity index (χ2v) is 10.8. The van der Waals surface area contributed by atoms with Crippen molar-refractivity contribution in [1.29, 1.82) is 0 Å². The maximum absolute atomic E-state index is 11.9. The quantitative estimate of drug-likeness (QED) is 0.534. The molecule has 1 atom stereocenters. The highest BCUT2D eigenvalue weighted by molar-refractivity contribution is 7.91. The lowest BCUT2D eigenvalue weighted by Crippen LogP contribution is -2.34. The van der Waals surface area contributed by atoms with E-state index in [9.17, 15) is 8.42 Å². The molecule has 0 bridgehead atoms. The molecule has 0 N–H and O–H groups in total. The van der Waals surface area contributed by atoms with E-state index in [1.165, 1.54) is 0 Å². The van der Waals surface area contributed by atoms with Gasteiger partial charge in [-0.2, -0.15) is 0 Å². The number of aromatic nitrogens is 3. The Morgan fingerprint density at radius 3 is 2.43 bits per heavy atom. The van der Waals surface area contributed by atoms with E-state index < -0.39 is 9.84 Å². The Morgan fingerprint density at radius 2 is 1.83 bits per heavy atom. The number of rotatable bonds is 5. The zero-order valence-corrected chi connectivity index (χ0v) is 19.2. The smallest absolute Gasteiger partial charge is 0.204 e. The van der Waals surface area contributed by atoms with Gasteiger partial charge in [-0.25, -0.2) is 13.1 Å². The zero-order valence-electron chi connectivity index (χ0n) is 16.8. The van der Waals surface area contributed by atoms with Crippen LogP contribution in [0, 0.1) is 11.7 Å². The Kier molecular flexibility index (Phi) is 5.85. The second-order valence-electron chi connectivity index (χ2n) is 7.74. The van der Waals surface area contributed by atoms with Crippen LogP contribution in [0.25, 0.3) is 17.1 Å². The third-order valence-electron chi connectivity index (χ3n) is 5.42. The Hall–Kier alpha value is -2.00. The van der Waals surface area contributed by atoms with Gasteiger partial charge in [0.1, 0.15) is 0 Å². The first-order chi connectivity index (χ1) is 14.2. The SMILES string of the molecule is Cc1ccc(-n2c(-c3ccc(Cl)cc3)nn(CN(C)C3CCS(=O)(=O)C3)c2=S)cc1. The predicted octanol–water partition coefficient (Wildman–Crippen LogP) is 4.11. The van der Waals surface area contributed by atoms with Gasteiger partial charge in [0, 0.05) is 22.3 Å². The van der Waals surface area contributed by atoms with Crippen LogP contribution in [-0.2, 0) is 16.5 Å². The predicted molar refractivity (Wildman–Crippen MR) is 122 cm³/mol. The zero-order chi connectivity index (χ0) is 21.5. The highest BCUT2D eigenvalue weighted by Gasteiger charge is 2.31. The molecule has 0 aliphatic carbocycles. The van der Waals surface area contributed by atoms with Crippen LogP contribution >= 0.6 is 23.8 Å². The molecule has 30 heavy (non-hydrogen) atoms. The minimum atomic E-state index is -2.96. The fraction of sp³-hybridized carbons (Fsp3) is 0.333. The van der Waals surface area contributed by atoms with E-state index in [0.29, 0.717) is 28.7 Å². The van der Waals surface area contributed by atoms with Gasteiger partial charge in [-0.1, -0.05) is 29.3 Å². The number of benzene rings is 2. The molecule has 1 fully saturated rings. The molecule has 0 spiro atoms. The van der Waals surface area contributed by atoms with Crippen molar-refractivity contribution in [2.24, 2.45) is 0 Å². The molecule has 1 unspecified atom stereocenters. The number of sulfone groups is 1.